The third kappa shape index (κ3) is 3.69. The number of thiocarbonyl (C=S) groups is 1. The summed E-state index contributed by atoms with van der Waals surface area (Å²) >= 11 is 11.2. The first-order valence-electron chi connectivity index (χ1n) is 5.96. The van der Waals surface area contributed by atoms with E-state index in [1.54, 1.807) is 0 Å². The maximum Gasteiger partial charge on any atom is 0.175 e. The molecule has 0 saturated heterocycles. The standard InChI is InChI=1S/C15H15ClN2S/c1-10-5-3-4-6-13(10)17-15(19)18-14-8-7-12(16)9-11(14)2/h3-9H,1-2H3,(H2,17,18,19). The molecule has 0 aliphatic rings. The van der Waals surface area contributed by atoms with Crippen molar-refractivity contribution < 1.29 is 0 Å². The van der Waals surface area contributed by atoms with Crippen molar-refractivity contribution in [2.24, 2.45) is 0 Å². The number of anilines is 2. The normalized spacial score (nSPS) is 10.1. The van der Waals surface area contributed by atoms with E-state index in [1.165, 1.54) is 0 Å². The molecule has 19 heavy (non-hydrogen) atoms. The van der Waals surface area contributed by atoms with Gasteiger partial charge in [0, 0.05) is 16.4 Å². The van der Waals surface area contributed by atoms with Crippen LogP contribution in [0.3, 0.4) is 0 Å². The fourth-order valence-electron chi connectivity index (χ4n) is 1.76. The quantitative estimate of drug-likeness (QED) is 0.779. The minimum atomic E-state index is 0.569. The zero-order chi connectivity index (χ0) is 13.8. The molecule has 0 fully saturated rings. The molecule has 2 N–H and O–H groups in total. The van der Waals surface area contributed by atoms with E-state index >= 15 is 0 Å². The Morgan fingerprint density at radius 3 is 2.21 bits per heavy atom. The summed E-state index contributed by atoms with van der Waals surface area (Å²) in [6.45, 7) is 4.03. The van der Waals surface area contributed by atoms with Gasteiger partial charge in [0.2, 0.25) is 0 Å². The lowest BCUT2D eigenvalue weighted by molar-refractivity contribution is 1.44. The molecule has 2 rings (SSSR count). The Morgan fingerprint density at radius 2 is 1.58 bits per heavy atom. The van der Waals surface area contributed by atoms with Gasteiger partial charge in [0.15, 0.2) is 5.11 Å². The van der Waals surface area contributed by atoms with E-state index in [0.29, 0.717) is 5.11 Å². The van der Waals surface area contributed by atoms with E-state index in [2.05, 4.69) is 10.6 Å². The summed E-state index contributed by atoms with van der Waals surface area (Å²) in [5.74, 6) is 0. The first kappa shape index (κ1) is 13.8. The van der Waals surface area contributed by atoms with Crippen molar-refractivity contribution in [3.63, 3.8) is 0 Å². The Balaban J connectivity index is 2.08. The minimum Gasteiger partial charge on any atom is -0.332 e. The fourth-order valence-corrected chi connectivity index (χ4v) is 2.20. The highest BCUT2D eigenvalue weighted by atomic mass is 35.5. The van der Waals surface area contributed by atoms with Crippen LogP contribution in [0.1, 0.15) is 11.1 Å². The summed E-state index contributed by atoms with van der Waals surface area (Å²) in [7, 11) is 0. The second-order valence-corrected chi connectivity index (χ2v) is 5.20. The Bertz CT molecular complexity index is 611. The van der Waals surface area contributed by atoms with Crippen molar-refractivity contribution in [1.29, 1.82) is 0 Å². The highest BCUT2D eigenvalue weighted by Gasteiger charge is 2.03. The summed E-state index contributed by atoms with van der Waals surface area (Å²) < 4.78 is 0. The summed E-state index contributed by atoms with van der Waals surface area (Å²) in [4.78, 5) is 0. The van der Waals surface area contributed by atoms with Gasteiger partial charge >= 0.3 is 0 Å². The molecule has 0 aromatic heterocycles. The molecule has 98 valence electrons. The maximum absolute atomic E-state index is 5.93. The van der Waals surface area contributed by atoms with Gasteiger partial charge in [-0.15, -0.1) is 0 Å². The molecular formula is C15H15ClN2S. The molecule has 0 aliphatic heterocycles. The number of rotatable bonds is 2. The summed E-state index contributed by atoms with van der Waals surface area (Å²) in [5.41, 5.74) is 4.17. The molecule has 0 atom stereocenters. The van der Waals surface area contributed by atoms with E-state index in [1.807, 2.05) is 56.3 Å². The van der Waals surface area contributed by atoms with Crippen molar-refractivity contribution in [3.05, 3.63) is 58.6 Å². The number of hydrogen-bond donors (Lipinski definition) is 2. The zero-order valence-corrected chi connectivity index (χ0v) is 12.4. The van der Waals surface area contributed by atoms with Crippen LogP contribution in [0.15, 0.2) is 42.5 Å². The summed E-state index contributed by atoms with van der Waals surface area (Å²) in [6, 6.07) is 13.7. The van der Waals surface area contributed by atoms with E-state index in [-0.39, 0.29) is 0 Å². The third-order valence-electron chi connectivity index (χ3n) is 2.83. The van der Waals surface area contributed by atoms with Crippen molar-refractivity contribution in [2.75, 3.05) is 10.6 Å². The van der Waals surface area contributed by atoms with Gasteiger partial charge < -0.3 is 10.6 Å². The van der Waals surface area contributed by atoms with Crippen molar-refractivity contribution in [3.8, 4) is 0 Å². The number of hydrogen-bond acceptors (Lipinski definition) is 1. The lowest BCUT2D eigenvalue weighted by Gasteiger charge is -2.14. The van der Waals surface area contributed by atoms with Gasteiger partial charge in [0.05, 0.1) is 0 Å². The van der Waals surface area contributed by atoms with Crippen molar-refractivity contribution >= 4 is 40.3 Å². The Labute approximate surface area is 123 Å². The summed E-state index contributed by atoms with van der Waals surface area (Å²) in [5, 5.41) is 7.65. The first-order chi connectivity index (χ1) is 9.06. The molecule has 4 heteroatoms. The first-order valence-corrected chi connectivity index (χ1v) is 6.74. The van der Waals surface area contributed by atoms with Gasteiger partial charge in [0.25, 0.3) is 0 Å². The molecule has 0 bridgehead atoms. The summed E-state index contributed by atoms with van der Waals surface area (Å²) in [6.07, 6.45) is 0. The topological polar surface area (TPSA) is 24.1 Å². The molecule has 0 saturated carbocycles. The van der Waals surface area contributed by atoms with Crippen LogP contribution in [0.2, 0.25) is 5.02 Å². The van der Waals surface area contributed by atoms with Crippen LogP contribution in [0, 0.1) is 13.8 Å². The third-order valence-corrected chi connectivity index (χ3v) is 3.27. The van der Waals surface area contributed by atoms with Crippen LogP contribution in [0.25, 0.3) is 0 Å². The zero-order valence-electron chi connectivity index (χ0n) is 10.8. The Morgan fingerprint density at radius 1 is 0.947 bits per heavy atom. The van der Waals surface area contributed by atoms with Gasteiger partial charge in [-0.3, -0.25) is 0 Å². The van der Waals surface area contributed by atoms with E-state index < -0.39 is 0 Å². The van der Waals surface area contributed by atoms with Gasteiger partial charge in [-0.1, -0.05) is 29.8 Å². The molecule has 0 spiro atoms. The highest BCUT2D eigenvalue weighted by Crippen LogP contribution is 2.20. The van der Waals surface area contributed by atoms with Crippen LogP contribution in [0.5, 0.6) is 0 Å². The van der Waals surface area contributed by atoms with Crippen LogP contribution in [-0.2, 0) is 0 Å². The van der Waals surface area contributed by atoms with Gasteiger partial charge in [-0.25, -0.2) is 0 Å². The highest BCUT2D eigenvalue weighted by molar-refractivity contribution is 7.80. The number of para-hydroxylation sites is 1. The van der Waals surface area contributed by atoms with Crippen molar-refractivity contribution in [1.82, 2.24) is 0 Å². The van der Waals surface area contributed by atoms with Crippen LogP contribution in [-0.4, -0.2) is 5.11 Å². The second kappa shape index (κ2) is 6.04. The lowest BCUT2D eigenvalue weighted by atomic mass is 10.2. The minimum absolute atomic E-state index is 0.569. The molecule has 0 radical (unpaired) electrons. The lowest BCUT2D eigenvalue weighted by Crippen LogP contribution is -2.20. The average Bonchev–Trinajstić information content (AvgIpc) is 2.36. The smallest absolute Gasteiger partial charge is 0.175 e. The van der Waals surface area contributed by atoms with Crippen molar-refractivity contribution in [2.45, 2.75) is 13.8 Å². The second-order valence-electron chi connectivity index (χ2n) is 4.35. The molecule has 0 aliphatic carbocycles. The number of aryl methyl sites for hydroxylation is 2. The number of nitrogens with one attached hydrogen (secondary N) is 2. The van der Waals surface area contributed by atoms with Crippen LogP contribution in [0.4, 0.5) is 11.4 Å². The number of halogens is 1. The van der Waals surface area contributed by atoms with E-state index in [4.69, 9.17) is 23.8 Å². The fraction of sp³-hybridized carbons (Fsp3) is 0.133. The van der Waals surface area contributed by atoms with E-state index in [9.17, 15) is 0 Å². The molecule has 0 amide bonds. The predicted molar refractivity (Wildman–Crippen MR) is 87.2 cm³/mol. The van der Waals surface area contributed by atoms with Gasteiger partial charge in [-0.05, 0) is 61.5 Å². The van der Waals surface area contributed by atoms with Gasteiger partial charge in [-0.2, -0.15) is 0 Å². The molecular weight excluding hydrogens is 276 g/mol. The predicted octanol–water partition coefficient (Wildman–Crippen LogP) is 4.77. The average molecular weight is 291 g/mol. The number of benzene rings is 2. The molecule has 2 aromatic carbocycles. The Kier molecular flexibility index (Phi) is 4.40. The monoisotopic (exact) mass is 290 g/mol. The maximum atomic E-state index is 5.93. The SMILES string of the molecule is Cc1ccccc1NC(=S)Nc1ccc(Cl)cc1C. The van der Waals surface area contributed by atoms with Gasteiger partial charge in [0.1, 0.15) is 0 Å². The molecule has 0 heterocycles. The molecule has 2 aromatic rings. The Hall–Kier alpha value is -1.58. The van der Waals surface area contributed by atoms with E-state index in [0.717, 1.165) is 27.5 Å². The van der Waals surface area contributed by atoms with Crippen LogP contribution >= 0.6 is 23.8 Å². The molecule has 0 unspecified atom stereocenters. The largest absolute Gasteiger partial charge is 0.332 e. The molecule has 2 nitrogen and oxygen atoms in total. The van der Waals surface area contributed by atoms with Crippen LogP contribution < -0.4 is 10.6 Å².